The van der Waals surface area contributed by atoms with E-state index in [4.69, 9.17) is 0 Å². The van der Waals surface area contributed by atoms with E-state index in [1.807, 2.05) is 12.3 Å². The van der Waals surface area contributed by atoms with Gasteiger partial charge in [-0.05, 0) is 43.2 Å². The minimum Gasteiger partial charge on any atom is -0.365 e. The molecular formula is C13H18N2O. The Bertz CT molecular complexity index is 367. The molecule has 2 fully saturated rings. The van der Waals surface area contributed by atoms with Gasteiger partial charge in [0.2, 0.25) is 5.91 Å². The van der Waals surface area contributed by atoms with Crippen LogP contribution in [0.4, 0.5) is 0 Å². The summed E-state index contributed by atoms with van der Waals surface area (Å²) in [4.78, 5) is 14.9. The highest BCUT2D eigenvalue weighted by atomic mass is 16.2. The molecule has 3 nitrogen and oxygen atoms in total. The Morgan fingerprint density at radius 1 is 1.50 bits per heavy atom. The smallest absolute Gasteiger partial charge is 0.223 e. The summed E-state index contributed by atoms with van der Waals surface area (Å²) in [6.07, 6.45) is 6.67. The van der Waals surface area contributed by atoms with Crippen molar-refractivity contribution in [3.05, 3.63) is 24.0 Å². The van der Waals surface area contributed by atoms with Crippen molar-refractivity contribution in [2.45, 2.75) is 25.7 Å². The monoisotopic (exact) mass is 218 g/mol. The molecule has 3 heteroatoms. The number of carbonyl (C=O) groups excluding carboxylic acids is 1. The fraction of sp³-hybridized carbons (Fsp3) is 0.615. The summed E-state index contributed by atoms with van der Waals surface area (Å²) in [6, 6.07) is 4.04. The Morgan fingerprint density at radius 2 is 2.38 bits per heavy atom. The molecule has 2 aliphatic rings. The molecule has 0 bridgehead atoms. The number of hydrogen-bond donors (Lipinski definition) is 2. The third-order valence-corrected chi connectivity index (χ3v) is 3.76. The van der Waals surface area contributed by atoms with Gasteiger partial charge in [-0.3, -0.25) is 4.79 Å². The molecule has 2 saturated carbocycles. The van der Waals surface area contributed by atoms with Crippen LogP contribution in [-0.4, -0.2) is 17.4 Å². The zero-order chi connectivity index (χ0) is 11.0. The van der Waals surface area contributed by atoms with Gasteiger partial charge in [-0.25, -0.2) is 0 Å². The van der Waals surface area contributed by atoms with Crippen molar-refractivity contribution in [2.24, 2.45) is 17.8 Å². The maximum absolute atomic E-state index is 11.8. The molecule has 0 unspecified atom stereocenters. The Hall–Kier alpha value is -1.25. The molecule has 1 heterocycles. The maximum atomic E-state index is 11.8. The molecule has 0 aromatic carbocycles. The van der Waals surface area contributed by atoms with Crippen molar-refractivity contribution >= 4 is 5.91 Å². The van der Waals surface area contributed by atoms with E-state index < -0.39 is 0 Å². The average molecular weight is 218 g/mol. The maximum Gasteiger partial charge on any atom is 0.223 e. The minimum atomic E-state index is 0.281. The van der Waals surface area contributed by atoms with E-state index in [1.165, 1.54) is 18.5 Å². The number of H-pyrrole nitrogens is 1. The van der Waals surface area contributed by atoms with Gasteiger partial charge < -0.3 is 10.3 Å². The van der Waals surface area contributed by atoms with E-state index >= 15 is 0 Å². The van der Waals surface area contributed by atoms with Crippen molar-refractivity contribution in [3.8, 4) is 0 Å². The second-order valence-corrected chi connectivity index (χ2v) is 5.08. The number of aromatic nitrogens is 1. The van der Waals surface area contributed by atoms with E-state index in [9.17, 15) is 4.79 Å². The van der Waals surface area contributed by atoms with E-state index in [2.05, 4.69) is 16.4 Å². The standard InChI is InChI=1S/C13H18N2O/c16-13(12-8-11(12)9-3-4-9)15-7-5-10-2-1-6-14-10/h1-2,6,9,11-12,14H,3-5,7-8H2,(H,15,16)/t11-,12-/m0/s1. The molecule has 2 N–H and O–H groups in total. The lowest BCUT2D eigenvalue weighted by molar-refractivity contribution is -0.122. The molecule has 0 aliphatic heterocycles. The van der Waals surface area contributed by atoms with E-state index in [1.54, 1.807) is 0 Å². The zero-order valence-corrected chi connectivity index (χ0v) is 9.41. The third-order valence-electron chi connectivity index (χ3n) is 3.76. The van der Waals surface area contributed by atoms with Gasteiger partial charge in [-0.2, -0.15) is 0 Å². The van der Waals surface area contributed by atoms with Crippen LogP contribution in [0.3, 0.4) is 0 Å². The number of carbonyl (C=O) groups is 1. The van der Waals surface area contributed by atoms with Gasteiger partial charge in [-0.1, -0.05) is 0 Å². The lowest BCUT2D eigenvalue weighted by Crippen LogP contribution is -2.27. The van der Waals surface area contributed by atoms with Crippen LogP contribution >= 0.6 is 0 Å². The Balaban J connectivity index is 1.37. The third kappa shape index (κ3) is 2.13. The highest BCUT2D eigenvalue weighted by Gasteiger charge is 2.50. The number of nitrogens with one attached hydrogen (secondary N) is 2. The molecular weight excluding hydrogens is 200 g/mol. The lowest BCUT2D eigenvalue weighted by Gasteiger charge is -2.03. The van der Waals surface area contributed by atoms with Gasteiger partial charge in [0.25, 0.3) is 0 Å². The molecule has 2 atom stereocenters. The summed E-state index contributed by atoms with van der Waals surface area (Å²) in [6.45, 7) is 0.757. The van der Waals surface area contributed by atoms with Crippen LogP contribution in [0.1, 0.15) is 25.0 Å². The molecule has 16 heavy (non-hydrogen) atoms. The van der Waals surface area contributed by atoms with Crippen LogP contribution in [0.15, 0.2) is 18.3 Å². The first-order valence-corrected chi connectivity index (χ1v) is 6.24. The number of aromatic amines is 1. The first-order valence-electron chi connectivity index (χ1n) is 6.24. The fourth-order valence-corrected chi connectivity index (χ4v) is 2.54. The minimum absolute atomic E-state index is 0.281. The quantitative estimate of drug-likeness (QED) is 0.776. The van der Waals surface area contributed by atoms with Crippen molar-refractivity contribution in [1.82, 2.24) is 10.3 Å². The fourth-order valence-electron chi connectivity index (χ4n) is 2.54. The summed E-state index contributed by atoms with van der Waals surface area (Å²) < 4.78 is 0. The summed E-state index contributed by atoms with van der Waals surface area (Å²) >= 11 is 0. The Morgan fingerprint density at radius 3 is 3.06 bits per heavy atom. The summed E-state index contributed by atoms with van der Waals surface area (Å²) in [7, 11) is 0. The van der Waals surface area contributed by atoms with Gasteiger partial charge in [-0.15, -0.1) is 0 Å². The molecule has 0 saturated heterocycles. The molecule has 0 spiro atoms. The summed E-state index contributed by atoms with van der Waals surface area (Å²) in [5.74, 6) is 2.24. The van der Waals surface area contributed by atoms with Crippen molar-refractivity contribution in [3.63, 3.8) is 0 Å². The average Bonchev–Trinajstić information content (AvgIpc) is 3.16. The predicted octanol–water partition coefficient (Wildman–Crippen LogP) is 1.72. The molecule has 86 valence electrons. The topological polar surface area (TPSA) is 44.9 Å². The molecule has 1 amide bonds. The van der Waals surface area contributed by atoms with Crippen LogP contribution in [0.25, 0.3) is 0 Å². The summed E-state index contributed by atoms with van der Waals surface area (Å²) in [5, 5.41) is 3.04. The SMILES string of the molecule is O=C(NCCc1ccc[nH]1)[C@H]1C[C@H]1C1CC1. The van der Waals surface area contributed by atoms with Crippen LogP contribution in [-0.2, 0) is 11.2 Å². The van der Waals surface area contributed by atoms with E-state index in [0.717, 1.165) is 31.2 Å². The number of amides is 1. The largest absolute Gasteiger partial charge is 0.365 e. The highest BCUT2D eigenvalue weighted by molar-refractivity contribution is 5.81. The normalized spacial score (nSPS) is 27.8. The van der Waals surface area contributed by atoms with E-state index in [0.29, 0.717) is 5.92 Å². The van der Waals surface area contributed by atoms with Gasteiger partial charge in [0.05, 0.1) is 0 Å². The molecule has 3 rings (SSSR count). The first-order chi connectivity index (χ1) is 7.84. The van der Waals surface area contributed by atoms with Gasteiger partial charge in [0.15, 0.2) is 0 Å². The molecule has 2 aliphatic carbocycles. The number of rotatable bonds is 5. The van der Waals surface area contributed by atoms with Crippen LogP contribution in [0.2, 0.25) is 0 Å². The molecule has 1 aromatic rings. The lowest BCUT2D eigenvalue weighted by atomic mass is 10.2. The Labute approximate surface area is 95.6 Å². The molecule has 1 aromatic heterocycles. The van der Waals surface area contributed by atoms with Crippen LogP contribution < -0.4 is 5.32 Å². The van der Waals surface area contributed by atoms with E-state index in [-0.39, 0.29) is 5.91 Å². The van der Waals surface area contributed by atoms with Gasteiger partial charge >= 0.3 is 0 Å². The summed E-state index contributed by atoms with van der Waals surface area (Å²) in [5.41, 5.74) is 1.19. The second-order valence-electron chi connectivity index (χ2n) is 5.08. The van der Waals surface area contributed by atoms with Crippen molar-refractivity contribution in [1.29, 1.82) is 0 Å². The van der Waals surface area contributed by atoms with Crippen LogP contribution in [0.5, 0.6) is 0 Å². The first kappa shape index (κ1) is 9.94. The second kappa shape index (κ2) is 3.96. The van der Waals surface area contributed by atoms with Crippen molar-refractivity contribution in [2.75, 3.05) is 6.54 Å². The highest BCUT2D eigenvalue weighted by Crippen LogP contribution is 2.54. The van der Waals surface area contributed by atoms with Gasteiger partial charge in [0, 0.05) is 30.8 Å². The number of hydrogen-bond acceptors (Lipinski definition) is 1. The zero-order valence-electron chi connectivity index (χ0n) is 9.41. The predicted molar refractivity (Wildman–Crippen MR) is 61.8 cm³/mol. The molecule has 0 radical (unpaired) electrons. The Kier molecular flexibility index (Phi) is 2.46. The van der Waals surface area contributed by atoms with Crippen molar-refractivity contribution < 1.29 is 4.79 Å². The van der Waals surface area contributed by atoms with Crippen LogP contribution in [0, 0.1) is 17.8 Å². The van der Waals surface area contributed by atoms with Gasteiger partial charge in [0.1, 0.15) is 0 Å².